The first-order valence-corrected chi connectivity index (χ1v) is 9.66. The van der Waals surface area contributed by atoms with Crippen molar-refractivity contribution in [3.8, 4) is 0 Å². The van der Waals surface area contributed by atoms with Gasteiger partial charge in [-0.2, -0.15) is 11.8 Å². The molecular formula is C18H28N2S. The van der Waals surface area contributed by atoms with E-state index in [0.717, 1.165) is 18.5 Å². The van der Waals surface area contributed by atoms with Crippen molar-refractivity contribution in [3.05, 3.63) is 35.9 Å². The molecule has 0 aliphatic carbocycles. The van der Waals surface area contributed by atoms with Gasteiger partial charge in [0.1, 0.15) is 0 Å². The maximum Gasteiger partial charge on any atom is 0.0107 e. The molecule has 2 saturated heterocycles. The number of nitrogens with one attached hydrogen (secondary N) is 1. The quantitative estimate of drug-likeness (QED) is 0.898. The first-order valence-electron chi connectivity index (χ1n) is 8.50. The molecule has 2 nitrogen and oxygen atoms in total. The van der Waals surface area contributed by atoms with Crippen molar-refractivity contribution >= 4 is 11.8 Å². The summed E-state index contributed by atoms with van der Waals surface area (Å²) in [6.07, 6.45) is 5.42. The van der Waals surface area contributed by atoms with E-state index >= 15 is 0 Å². The number of benzene rings is 1. The lowest BCUT2D eigenvalue weighted by Crippen LogP contribution is -2.42. The predicted octanol–water partition coefficient (Wildman–Crippen LogP) is 3.35. The third-order valence-electron chi connectivity index (χ3n) is 4.86. The number of hydrogen-bond donors (Lipinski definition) is 1. The normalized spacial score (nSPS) is 25.0. The summed E-state index contributed by atoms with van der Waals surface area (Å²) in [5.74, 6) is 3.43. The fourth-order valence-electron chi connectivity index (χ4n) is 3.58. The first kappa shape index (κ1) is 15.4. The fraction of sp³-hybridized carbons (Fsp3) is 0.667. The second kappa shape index (κ2) is 8.21. The van der Waals surface area contributed by atoms with Gasteiger partial charge in [0.05, 0.1) is 0 Å². The van der Waals surface area contributed by atoms with Crippen molar-refractivity contribution in [2.75, 3.05) is 37.7 Å². The molecule has 0 saturated carbocycles. The summed E-state index contributed by atoms with van der Waals surface area (Å²) in [6, 6.07) is 11.9. The molecule has 0 aromatic heterocycles. The minimum Gasteiger partial charge on any atom is -0.313 e. The van der Waals surface area contributed by atoms with Crippen LogP contribution in [0.4, 0.5) is 0 Å². The van der Waals surface area contributed by atoms with Gasteiger partial charge in [0.15, 0.2) is 0 Å². The van der Waals surface area contributed by atoms with Crippen LogP contribution >= 0.6 is 11.8 Å². The summed E-state index contributed by atoms with van der Waals surface area (Å²) in [4.78, 5) is 2.66. The molecule has 116 valence electrons. The maximum atomic E-state index is 3.77. The second-order valence-electron chi connectivity index (χ2n) is 6.39. The standard InChI is InChI=1S/C18H28N2S/c1-2-5-16(6-3-1)17-7-4-11-20(15-17)12-10-19-18-8-13-21-14-9-18/h1-3,5-6,17-19H,4,7-15H2. The molecule has 0 bridgehead atoms. The number of piperidine rings is 1. The topological polar surface area (TPSA) is 15.3 Å². The van der Waals surface area contributed by atoms with E-state index in [-0.39, 0.29) is 0 Å². The second-order valence-corrected chi connectivity index (χ2v) is 7.62. The highest BCUT2D eigenvalue weighted by Gasteiger charge is 2.21. The van der Waals surface area contributed by atoms with Gasteiger partial charge < -0.3 is 10.2 Å². The lowest BCUT2D eigenvalue weighted by molar-refractivity contribution is 0.205. The predicted molar refractivity (Wildman–Crippen MR) is 93.2 cm³/mol. The molecule has 0 amide bonds. The Morgan fingerprint density at radius 3 is 2.71 bits per heavy atom. The van der Waals surface area contributed by atoms with Crippen LogP contribution in [-0.4, -0.2) is 48.6 Å². The van der Waals surface area contributed by atoms with Crippen LogP contribution in [0.15, 0.2) is 30.3 Å². The van der Waals surface area contributed by atoms with Crippen molar-refractivity contribution in [2.45, 2.75) is 37.6 Å². The van der Waals surface area contributed by atoms with E-state index in [1.54, 1.807) is 0 Å². The van der Waals surface area contributed by atoms with Crippen LogP contribution < -0.4 is 5.32 Å². The van der Waals surface area contributed by atoms with Crippen molar-refractivity contribution < 1.29 is 0 Å². The van der Waals surface area contributed by atoms with E-state index in [4.69, 9.17) is 0 Å². The van der Waals surface area contributed by atoms with Crippen LogP contribution in [0.5, 0.6) is 0 Å². The third-order valence-corrected chi connectivity index (χ3v) is 5.91. The lowest BCUT2D eigenvalue weighted by atomic mass is 9.91. The van der Waals surface area contributed by atoms with Crippen molar-refractivity contribution in [3.63, 3.8) is 0 Å². The Labute approximate surface area is 133 Å². The van der Waals surface area contributed by atoms with Gasteiger partial charge in [0.25, 0.3) is 0 Å². The highest BCUT2D eigenvalue weighted by Crippen LogP contribution is 2.26. The average Bonchev–Trinajstić information content (AvgIpc) is 2.57. The summed E-state index contributed by atoms with van der Waals surface area (Å²) in [7, 11) is 0. The number of nitrogens with zero attached hydrogens (tertiary/aromatic N) is 1. The first-order chi connectivity index (χ1) is 10.4. The Hall–Kier alpha value is -0.510. The van der Waals surface area contributed by atoms with Gasteiger partial charge in [-0.05, 0) is 55.2 Å². The Morgan fingerprint density at radius 1 is 1.10 bits per heavy atom. The minimum absolute atomic E-state index is 0.742. The highest BCUT2D eigenvalue weighted by molar-refractivity contribution is 7.99. The molecule has 1 aromatic carbocycles. The van der Waals surface area contributed by atoms with Crippen molar-refractivity contribution in [1.29, 1.82) is 0 Å². The van der Waals surface area contributed by atoms with Gasteiger partial charge in [-0.25, -0.2) is 0 Å². The van der Waals surface area contributed by atoms with Gasteiger partial charge in [0, 0.05) is 25.7 Å². The van der Waals surface area contributed by atoms with E-state index in [9.17, 15) is 0 Å². The molecule has 2 aliphatic heterocycles. The molecule has 1 atom stereocenters. The summed E-state index contributed by atoms with van der Waals surface area (Å²) in [5, 5.41) is 3.77. The molecule has 2 heterocycles. The number of hydrogen-bond acceptors (Lipinski definition) is 3. The molecule has 1 aromatic rings. The Bertz CT molecular complexity index is 403. The molecule has 3 heteroatoms. The van der Waals surface area contributed by atoms with Crippen LogP contribution in [0.2, 0.25) is 0 Å². The van der Waals surface area contributed by atoms with Gasteiger partial charge in [-0.1, -0.05) is 30.3 Å². The smallest absolute Gasteiger partial charge is 0.0107 e. The number of thioether (sulfide) groups is 1. The van der Waals surface area contributed by atoms with Crippen LogP contribution in [0.1, 0.15) is 37.2 Å². The van der Waals surface area contributed by atoms with E-state index in [2.05, 4.69) is 52.3 Å². The molecule has 1 N–H and O–H groups in total. The van der Waals surface area contributed by atoms with Crippen molar-refractivity contribution in [1.82, 2.24) is 10.2 Å². The zero-order valence-electron chi connectivity index (χ0n) is 13.0. The van der Waals surface area contributed by atoms with E-state index in [1.807, 2.05) is 0 Å². The molecule has 2 fully saturated rings. The number of rotatable bonds is 5. The maximum absolute atomic E-state index is 3.77. The fourth-order valence-corrected chi connectivity index (χ4v) is 4.69. The monoisotopic (exact) mass is 304 g/mol. The van der Waals surface area contributed by atoms with Crippen LogP contribution in [-0.2, 0) is 0 Å². The van der Waals surface area contributed by atoms with E-state index < -0.39 is 0 Å². The zero-order valence-corrected chi connectivity index (χ0v) is 13.8. The Kier molecular flexibility index (Phi) is 6.02. The zero-order chi connectivity index (χ0) is 14.3. The third kappa shape index (κ3) is 4.73. The molecule has 0 spiro atoms. The molecule has 3 rings (SSSR count). The summed E-state index contributed by atoms with van der Waals surface area (Å²) >= 11 is 2.11. The summed E-state index contributed by atoms with van der Waals surface area (Å²) in [5.41, 5.74) is 1.53. The van der Waals surface area contributed by atoms with Crippen LogP contribution in [0, 0.1) is 0 Å². The largest absolute Gasteiger partial charge is 0.313 e. The van der Waals surface area contributed by atoms with Gasteiger partial charge in [-0.15, -0.1) is 0 Å². The van der Waals surface area contributed by atoms with Crippen LogP contribution in [0.25, 0.3) is 0 Å². The molecule has 0 radical (unpaired) electrons. The minimum atomic E-state index is 0.742. The molecule has 21 heavy (non-hydrogen) atoms. The van der Waals surface area contributed by atoms with Gasteiger partial charge >= 0.3 is 0 Å². The molecule has 2 aliphatic rings. The Balaban J connectivity index is 1.41. The Morgan fingerprint density at radius 2 is 1.90 bits per heavy atom. The molecule has 1 unspecified atom stereocenters. The van der Waals surface area contributed by atoms with Gasteiger partial charge in [-0.3, -0.25) is 0 Å². The van der Waals surface area contributed by atoms with E-state index in [1.165, 1.54) is 62.4 Å². The average molecular weight is 305 g/mol. The lowest BCUT2D eigenvalue weighted by Gasteiger charge is -2.33. The highest BCUT2D eigenvalue weighted by atomic mass is 32.2. The summed E-state index contributed by atoms with van der Waals surface area (Å²) < 4.78 is 0. The van der Waals surface area contributed by atoms with Crippen molar-refractivity contribution in [2.24, 2.45) is 0 Å². The van der Waals surface area contributed by atoms with Crippen LogP contribution in [0.3, 0.4) is 0 Å². The number of likely N-dealkylation sites (tertiary alicyclic amines) is 1. The molecular weight excluding hydrogens is 276 g/mol. The van der Waals surface area contributed by atoms with Gasteiger partial charge in [0.2, 0.25) is 0 Å². The summed E-state index contributed by atoms with van der Waals surface area (Å²) in [6.45, 7) is 4.90. The SMILES string of the molecule is c1ccc(C2CCCN(CCNC3CCSCC3)C2)cc1. The van der Waals surface area contributed by atoms with E-state index in [0.29, 0.717) is 0 Å².